The molecule has 0 saturated carbocycles. The molecule has 140 valence electrons. The zero-order chi connectivity index (χ0) is 19.7. The van der Waals surface area contributed by atoms with E-state index in [2.05, 4.69) is 104 Å². The quantitative estimate of drug-likeness (QED) is 0.334. The topological polar surface area (TPSA) is 0 Å². The zero-order valence-corrected chi connectivity index (χ0v) is 22.1. The van der Waals surface area contributed by atoms with Crippen LogP contribution in [-0.2, 0) is 0 Å². The number of benzene rings is 2. The number of hydrogen-bond acceptors (Lipinski definition) is 0. The molecule has 2 rings (SSSR count). The Hall–Kier alpha value is -0.724. The second-order valence-corrected chi connectivity index (χ2v) is 29.6. The van der Waals surface area contributed by atoms with E-state index in [1.54, 1.807) is 3.58 Å². The van der Waals surface area contributed by atoms with Gasteiger partial charge in [-0.15, -0.1) is 0 Å². The van der Waals surface area contributed by atoms with E-state index in [0.717, 1.165) is 0 Å². The summed E-state index contributed by atoms with van der Waals surface area (Å²) in [7, 11) is -1.70. The van der Waals surface area contributed by atoms with Crippen molar-refractivity contribution in [2.45, 2.75) is 73.0 Å². The zero-order valence-electron chi connectivity index (χ0n) is 18.2. The number of rotatable bonds is 4. The average molecular weight is 471 g/mol. The Labute approximate surface area is 166 Å². The molecule has 0 aromatic heterocycles. The molecule has 0 aliphatic rings. The van der Waals surface area contributed by atoms with Gasteiger partial charge in [0.1, 0.15) is 0 Å². The summed E-state index contributed by atoms with van der Waals surface area (Å²) in [6, 6.07) is 13.5. The molecule has 0 unspecified atom stereocenters. The first-order chi connectivity index (χ1) is 12.0. The molecule has 0 aliphatic carbocycles. The molecule has 0 atom stereocenters. The van der Waals surface area contributed by atoms with Crippen molar-refractivity contribution in [2.24, 2.45) is 0 Å². The van der Waals surface area contributed by atoms with E-state index in [1.165, 1.54) is 16.3 Å². The van der Waals surface area contributed by atoms with Crippen molar-refractivity contribution in [2.75, 3.05) is 0 Å². The van der Waals surface area contributed by atoms with Crippen LogP contribution in [0.3, 0.4) is 0 Å². The van der Waals surface area contributed by atoms with E-state index in [1.807, 2.05) is 0 Å². The first-order valence-corrected chi connectivity index (χ1v) is 22.3. The van der Waals surface area contributed by atoms with Crippen LogP contribution in [0.4, 0.5) is 0 Å². The summed E-state index contributed by atoms with van der Waals surface area (Å²) < 4.78 is 1.60. The van der Waals surface area contributed by atoms with Gasteiger partial charge in [0.25, 0.3) is 0 Å². The minimum atomic E-state index is -2.21. The van der Waals surface area contributed by atoms with Gasteiger partial charge in [-0.05, 0) is 0 Å². The SMILES string of the molecule is CC(C)[Si](C#Cc1cccc2ccc[c]([Sn]([CH3])([CH3])[CH3])c12)(C(C)C)C(C)C. The van der Waals surface area contributed by atoms with E-state index in [9.17, 15) is 0 Å². The van der Waals surface area contributed by atoms with Crippen molar-refractivity contribution >= 4 is 40.8 Å². The van der Waals surface area contributed by atoms with Crippen LogP contribution in [0.5, 0.6) is 0 Å². The van der Waals surface area contributed by atoms with Crippen LogP contribution in [0.15, 0.2) is 36.4 Å². The molecule has 0 aliphatic heterocycles. The van der Waals surface area contributed by atoms with Crippen LogP contribution in [-0.4, -0.2) is 26.5 Å². The van der Waals surface area contributed by atoms with Crippen molar-refractivity contribution in [3.8, 4) is 11.5 Å². The third-order valence-electron chi connectivity index (χ3n) is 5.99. The molecule has 0 amide bonds. The maximum absolute atomic E-state index is 3.93. The summed E-state index contributed by atoms with van der Waals surface area (Å²) in [6.07, 6.45) is 0. The summed E-state index contributed by atoms with van der Waals surface area (Å²) in [6.45, 7) is 14.3. The second kappa shape index (κ2) is 8.11. The summed E-state index contributed by atoms with van der Waals surface area (Å²) >= 11 is -2.21. The van der Waals surface area contributed by atoms with Gasteiger partial charge < -0.3 is 0 Å². The Bertz CT molecular complexity index is 802. The van der Waals surface area contributed by atoms with Crippen LogP contribution >= 0.6 is 0 Å². The second-order valence-electron chi connectivity index (χ2n) is 9.61. The van der Waals surface area contributed by atoms with Crippen LogP contribution in [0.2, 0.25) is 31.4 Å². The molecule has 2 heteroatoms. The Morgan fingerprint density at radius 2 is 1.27 bits per heavy atom. The van der Waals surface area contributed by atoms with Gasteiger partial charge in [0, 0.05) is 0 Å². The van der Waals surface area contributed by atoms with E-state index in [4.69, 9.17) is 0 Å². The van der Waals surface area contributed by atoms with Gasteiger partial charge >= 0.3 is 167 Å². The first-order valence-electron chi connectivity index (χ1n) is 10.1. The fourth-order valence-corrected chi connectivity index (χ4v) is 14.5. The summed E-state index contributed by atoms with van der Waals surface area (Å²) in [5.74, 6) is 3.73. The van der Waals surface area contributed by atoms with Crippen LogP contribution in [0, 0.1) is 11.5 Å². The van der Waals surface area contributed by atoms with Crippen molar-refractivity contribution in [1.29, 1.82) is 0 Å². The molecule has 2 aromatic rings. The Morgan fingerprint density at radius 1 is 0.769 bits per heavy atom. The predicted molar refractivity (Wildman–Crippen MR) is 125 cm³/mol. The van der Waals surface area contributed by atoms with E-state index >= 15 is 0 Å². The third-order valence-corrected chi connectivity index (χ3v) is 18.1. The Balaban J connectivity index is 2.76. The Kier molecular flexibility index (Phi) is 6.73. The van der Waals surface area contributed by atoms with Gasteiger partial charge in [0.2, 0.25) is 0 Å². The van der Waals surface area contributed by atoms with Crippen molar-refractivity contribution in [3.05, 3.63) is 42.0 Å². The molecule has 0 radical (unpaired) electrons. The molecule has 26 heavy (non-hydrogen) atoms. The molecule has 0 fully saturated rings. The van der Waals surface area contributed by atoms with Crippen molar-refractivity contribution < 1.29 is 0 Å². The van der Waals surface area contributed by atoms with Gasteiger partial charge in [0.05, 0.1) is 0 Å². The molecular weight excluding hydrogens is 435 g/mol. The first kappa shape index (κ1) is 21.6. The fourth-order valence-electron chi connectivity index (χ4n) is 4.68. The van der Waals surface area contributed by atoms with Crippen LogP contribution in [0.25, 0.3) is 10.8 Å². The van der Waals surface area contributed by atoms with Gasteiger partial charge in [-0.25, -0.2) is 0 Å². The number of hydrogen-bond donors (Lipinski definition) is 0. The molecule has 2 aromatic carbocycles. The molecule has 0 heterocycles. The predicted octanol–water partition coefficient (Wildman–Crippen LogP) is 6.95. The van der Waals surface area contributed by atoms with Crippen molar-refractivity contribution in [1.82, 2.24) is 0 Å². The van der Waals surface area contributed by atoms with Gasteiger partial charge in [-0.1, -0.05) is 0 Å². The van der Waals surface area contributed by atoms with E-state index < -0.39 is 26.5 Å². The monoisotopic (exact) mass is 472 g/mol. The van der Waals surface area contributed by atoms with Crippen LogP contribution in [0.1, 0.15) is 47.1 Å². The molecule has 0 saturated heterocycles. The van der Waals surface area contributed by atoms with Crippen LogP contribution < -0.4 is 3.58 Å². The summed E-state index contributed by atoms with van der Waals surface area (Å²) in [5.41, 5.74) is 7.20. The molecule has 0 N–H and O–H groups in total. The summed E-state index contributed by atoms with van der Waals surface area (Å²) in [5, 5.41) is 2.79. The van der Waals surface area contributed by atoms with Gasteiger partial charge in [-0.3, -0.25) is 0 Å². The van der Waals surface area contributed by atoms with Crippen molar-refractivity contribution in [3.63, 3.8) is 0 Å². The maximum atomic E-state index is 3.93. The van der Waals surface area contributed by atoms with E-state index in [0.29, 0.717) is 16.6 Å². The fraction of sp³-hybridized carbons (Fsp3) is 0.500. The molecule has 0 nitrogen and oxygen atoms in total. The number of fused-ring (bicyclic) bond motifs is 1. The average Bonchev–Trinajstić information content (AvgIpc) is 2.53. The minimum absolute atomic E-state index is 0.672. The van der Waals surface area contributed by atoms with Gasteiger partial charge in [-0.2, -0.15) is 0 Å². The molecule has 0 bridgehead atoms. The third kappa shape index (κ3) is 4.07. The van der Waals surface area contributed by atoms with Gasteiger partial charge in [0.15, 0.2) is 0 Å². The summed E-state index contributed by atoms with van der Waals surface area (Å²) in [4.78, 5) is 7.51. The molecular formula is C24H36SiSn. The standard InChI is InChI=1S/C21H27Si.3CH3.Sn/c1-16(2)22(17(3)4,18(5)6)15-14-20-12-9-11-19-10-7-8-13-21(19)20;;;;/h7-12,16-18H,1-6H3;3*1H3;. The Morgan fingerprint density at radius 3 is 1.73 bits per heavy atom. The van der Waals surface area contributed by atoms with E-state index in [-0.39, 0.29) is 0 Å². The normalized spacial score (nSPS) is 12.8. The molecule has 0 spiro atoms.